The molecule has 1 aliphatic rings. The fourth-order valence-corrected chi connectivity index (χ4v) is 1.98. The number of ether oxygens (including phenoxy) is 1. The van der Waals surface area contributed by atoms with E-state index in [1.807, 2.05) is 12.1 Å². The van der Waals surface area contributed by atoms with E-state index in [2.05, 4.69) is 27.3 Å². The Balaban J connectivity index is 2.09. The van der Waals surface area contributed by atoms with E-state index in [0.29, 0.717) is 6.04 Å². The molecular formula is C11H14BrNO. The molecule has 1 fully saturated rings. The number of anilines is 1. The lowest BCUT2D eigenvalue weighted by molar-refractivity contribution is 0.414. The van der Waals surface area contributed by atoms with Crippen LogP contribution >= 0.6 is 15.9 Å². The van der Waals surface area contributed by atoms with Gasteiger partial charge in [-0.05, 0) is 53.4 Å². The Labute approximate surface area is 92.8 Å². The Hall–Kier alpha value is -0.700. The fourth-order valence-electron chi connectivity index (χ4n) is 1.51. The van der Waals surface area contributed by atoms with Crippen molar-refractivity contribution in [3.05, 3.63) is 22.7 Å². The maximum absolute atomic E-state index is 5.14. The summed E-state index contributed by atoms with van der Waals surface area (Å²) in [7, 11) is 1.68. The van der Waals surface area contributed by atoms with Gasteiger partial charge < -0.3 is 10.1 Å². The molecule has 0 heterocycles. The summed E-state index contributed by atoms with van der Waals surface area (Å²) in [6.07, 6.45) is 3.93. The zero-order chi connectivity index (χ0) is 9.97. The Morgan fingerprint density at radius 2 is 2.21 bits per heavy atom. The van der Waals surface area contributed by atoms with Crippen molar-refractivity contribution in [2.24, 2.45) is 0 Å². The second kappa shape index (κ2) is 4.22. The molecule has 0 bridgehead atoms. The molecule has 0 amide bonds. The summed E-state index contributed by atoms with van der Waals surface area (Å²) < 4.78 is 6.21. The highest BCUT2D eigenvalue weighted by molar-refractivity contribution is 9.10. The van der Waals surface area contributed by atoms with E-state index in [-0.39, 0.29) is 0 Å². The van der Waals surface area contributed by atoms with E-state index >= 15 is 0 Å². The molecule has 1 aromatic carbocycles. The predicted octanol–water partition coefficient (Wildman–Crippen LogP) is 3.42. The molecule has 76 valence electrons. The highest BCUT2D eigenvalue weighted by Gasteiger charge is 2.17. The largest absolute Gasteiger partial charge is 0.497 e. The summed E-state index contributed by atoms with van der Waals surface area (Å²) in [6.45, 7) is 0. The number of hydrogen-bond donors (Lipinski definition) is 1. The molecule has 0 atom stereocenters. The van der Waals surface area contributed by atoms with Crippen molar-refractivity contribution >= 4 is 21.6 Å². The zero-order valence-corrected chi connectivity index (χ0v) is 9.80. The van der Waals surface area contributed by atoms with Gasteiger partial charge in [-0.3, -0.25) is 0 Å². The number of benzene rings is 1. The third-order valence-electron chi connectivity index (χ3n) is 2.64. The molecule has 1 N–H and O–H groups in total. The average molecular weight is 256 g/mol. The molecule has 1 saturated carbocycles. The molecule has 0 aromatic heterocycles. The van der Waals surface area contributed by atoms with E-state index < -0.39 is 0 Å². The SMILES string of the molecule is COc1ccc(NC2CCC2)c(Br)c1. The Kier molecular flexibility index (Phi) is 2.96. The van der Waals surface area contributed by atoms with Crippen LogP contribution in [0.3, 0.4) is 0 Å². The lowest BCUT2D eigenvalue weighted by atomic mass is 9.93. The summed E-state index contributed by atoms with van der Waals surface area (Å²) in [4.78, 5) is 0. The van der Waals surface area contributed by atoms with E-state index in [9.17, 15) is 0 Å². The number of halogens is 1. The molecule has 0 spiro atoms. The van der Waals surface area contributed by atoms with Crippen molar-refractivity contribution in [2.75, 3.05) is 12.4 Å². The molecule has 0 radical (unpaired) electrons. The Morgan fingerprint density at radius 1 is 1.43 bits per heavy atom. The molecule has 0 unspecified atom stereocenters. The molecule has 2 rings (SSSR count). The molecular weight excluding hydrogens is 242 g/mol. The molecule has 1 aromatic rings. The Morgan fingerprint density at radius 3 is 2.71 bits per heavy atom. The molecule has 0 saturated heterocycles. The number of methoxy groups -OCH3 is 1. The number of rotatable bonds is 3. The van der Waals surface area contributed by atoms with Gasteiger partial charge in [-0.25, -0.2) is 0 Å². The van der Waals surface area contributed by atoms with Gasteiger partial charge in [-0.2, -0.15) is 0 Å². The van der Waals surface area contributed by atoms with E-state index in [4.69, 9.17) is 4.74 Å². The van der Waals surface area contributed by atoms with Crippen LogP contribution in [0.15, 0.2) is 22.7 Å². The van der Waals surface area contributed by atoms with E-state index in [1.54, 1.807) is 7.11 Å². The fraction of sp³-hybridized carbons (Fsp3) is 0.455. The molecule has 14 heavy (non-hydrogen) atoms. The van der Waals surface area contributed by atoms with Crippen LogP contribution in [0.5, 0.6) is 5.75 Å². The quantitative estimate of drug-likeness (QED) is 0.894. The molecule has 1 aliphatic carbocycles. The first-order valence-corrected chi connectivity index (χ1v) is 5.69. The Bertz CT molecular complexity index is 323. The van der Waals surface area contributed by atoms with Gasteiger partial charge in [0.25, 0.3) is 0 Å². The van der Waals surface area contributed by atoms with E-state index in [1.165, 1.54) is 19.3 Å². The lowest BCUT2D eigenvalue weighted by Gasteiger charge is -2.28. The topological polar surface area (TPSA) is 21.3 Å². The standard InChI is InChI=1S/C11H14BrNO/c1-14-9-5-6-11(10(12)7-9)13-8-3-2-4-8/h5-8,13H,2-4H2,1H3. The normalized spacial score (nSPS) is 16.1. The van der Waals surface area contributed by atoms with Crippen molar-refractivity contribution < 1.29 is 4.74 Å². The van der Waals surface area contributed by atoms with Crippen LogP contribution in [0, 0.1) is 0 Å². The first-order valence-electron chi connectivity index (χ1n) is 4.89. The van der Waals surface area contributed by atoms with Crippen LogP contribution in [0.2, 0.25) is 0 Å². The zero-order valence-electron chi connectivity index (χ0n) is 8.22. The third-order valence-corrected chi connectivity index (χ3v) is 3.30. The third kappa shape index (κ3) is 2.03. The smallest absolute Gasteiger partial charge is 0.120 e. The number of nitrogens with one attached hydrogen (secondary N) is 1. The summed E-state index contributed by atoms with van der Waals surface area (Å²) in [5.74, 6) is 0.885. The van der Waals surface area contributed by atoms with Crippen molar-refractivity contribution in [1.29, 1.82) is 0 Å². The van der Waals surface area contributed by atoms with Gasteiger partial charge in [0, 0.05) is 16.2 Å². The second-order valence-corrected chi connectivity index (χ2v) is 4.47. The van der Waals surface area contributed by atoms with Crippen LogP contribution in [0.25, 0.3) is 0 Å². The van der Waals surface area contributed by atoms with Gasteiger partial charge in [0.1, 0.15) is 5.75 Å². The predicted molar refractivity (Wildman–Crippen MR) is 62.0 cm³/mol. The monoisotopic (exact) mass is 255 g/mol. The van der Waals surface area contributed by atoms with Crippen LogP contribution in [-0.2, 0) is 0 Å². The van der Waals surface area contributed by atoms with Crippen molar-refractivity contribution in [3.8, 4) is 5.75 Å². The second-order valence-electron chi connectivity index (χ2n) is 3.62. The van der Waals surface area contributed by atoms with Gasteiger partial charge in [-0.1, -0.05) is 0 Å². The van der Waals surface area contributed by atoms with Gasteiger partial charge >= 0.3 is 0 Å². The van der Waals surface area contributed by atoms with Crippen LogP contribution in [0.1, 0.15) is 19.3 Å². The highest BCUT2D eigenvalue weighted by atomic mass is 79.9. The van der Waals surface area contributed by atoms with Gasteiger partial charge in [-0.15, -0.1) is 0 Å². The first kappa shape index (κ1) is 9.84. The summed E-state index contributed by atoms with van der Waals surface area (Å²) >= 11 is 3.53. The van der Waals surface area contributed by atoms with Gasteiger partial charge in [0.15, 0.2) is 0 Å². The minimum absolute atomic E-state index is 0.666. The maximum Gasteiger partial charge on any atom is 0.120 e. The summed E-state index contributed by atoms with van der Waals surface area (Å²) in [5, 5.41) is 3.50. The average Bonchev–Trinajstić information content (AvgIpc) is 2.13. The lowest BCUT2D eigenvalue weighted by Crippen LogP contribution is -2.27. The van der Waals surface area contributed by atoms with Crippen molar-refractivity contribution in [3.63, 3.8) is 0 Å². The molecule has 2 nitrogen and oxygen atoms in total. The maximum atomic E-state index is 5.14. The minimum Gasteiger partial charge on any atom is -0.497 e. The first-order chi connectivity index (χ1) is 6.79. The minimum atomic E-state index is 0.666. The summed E-state index contributed by atoms with van der Waals surface area (Å²) in [5.41, 5.74) is 1.16. The van der Waals surface area contributed by atoms with Crippen LogP contribution < -0.4 is 10.1 Å². The summed E-state index contributed by atoms with van der Waals surface area (Å²) in [6, 6.07) is 6.69. The highest BCUT2D eigenvalue weighted by Crippen LogP contribution is 2.30. The van der Waals surface area contributed by atoms with E-state index in [0.717, 1.165) is 15.9 Å². The van der Waals surface area contributed by atoms with Crippen molar-refractivity contribution in [2.45, 2.75) is 25.3 Å². The molecule has 3 heteroatoms. The molecule has 0 aliphatic heterocycles. The van der Waals surface area contributed by atoms with Crippen molar-refractivity contribution in [1.82, 2.24) is 0 Å². The van der Waals surface area contributed by atoms with Gasteiger partial charge in [0.2, 0.25) is 0 Å². The van der Waals surface area contributed by atoms with Crippen LogP contribution in [-0.4, -0.2) is 13.2 Å². The number of hydrogen-bond acceptors (Lipinski definition) is 2. The van der Waals surface area contributed by atoms with Crippen LogP contribution in [0.4, 0.5) is 5.69 Å². The van der Waals surface area contributed by atoms with Gasteiger partial charge in [0.05, 0.1) is 7.11 Å².